The summed E-state index contributed by atoms with van der Waals surface area (Å²) in [7, 11) is 0. The standard InChI is InChI=1S/C27H24N2/c1-19-11-13-25-20(17-19)15-16-28(25)22-12-14-27-24(18-22)23-9-5-6-10-26(23)29(27)21-7-3-2-4-8-21/h2-4,6-8,10-14,17-18H,5,9,15-16H2,1H3. The van der Waals surface area contributed by atoms with Gasteiger partial charge < -0.3 is 9.47 Å². The summed E-state index contributed by atoms with van der Waals surface area (Å²) in [5, 5.41) is 1.39. The predicted molar refractivity (Wildman–Crippen MR) is 123 cm³/mol. The van der Waals surface area contributed by atoms with E-state index in [1.165, 1.54) is 50.3 Å². The van der Waals surface area contributed by atoms with E-state index in [-0.39, 0.29) is 0 Å². The van der Waals surface area contributed by atoms with E-state index in [1.807, 2.05) is 0 Å². The molecule has 0 bridgehead atoms. The Morgan fingerprint density at radius 1 is 0.828 bits per heavy atom. The number of benzene rings is 3. The van der Waals surface area contributed by atoms with Crippen molar-refractivity contribution >= 4 is 28.4 Å². The molecule has 1 aromatic heterocycles. The lowest BCUT2D eigenvalue weighted by Crippen LogP contribution is -2.13. The summed E-state index contributed by atoms with van der Waals surface area (Å²) in [5.41, 5.74) is 10.9. The molecule has 0 atom stereocenters. The van der Waals surface area contributed by atoms with Crippen LogP contribution in [0.4, 0.5) is 11.4 Å². The van der Waals surface area contributed by atoms with Gasteiger partial charge in [0.25, 0.3) is 0 Å². The van der Waals surface area contributed by atoms with E-state index in [9.17, 15) is 0 Å². The number of rotatable bonds is 2. The first-order valence-electron chi connectivity index (χ1n) is 10.6. The van der Waals surface area contributed by atoms with Crippen molar-refractivity contribution in [2.45, 2.75) is 26.2 Å². The van der Waals surface area contributed by atoms with E-state index < -0.39 is 0 Å². The molecule has 0 unspecified atom stereocenters. The van der Waals surface area contributed by atoms with Crippen LogP contribution in [-0.4, -0.2) is 11.1 Å². The van der Waals surface area contributed by atoms with Crippen LogP contribution in [0.1, 0.15) is 28.8 Å². The van der Waals surface area contributed by atoms with Crippen LogP contribution in [0.3, 0.4) is 0 Å². The fraction of sp³-hybridized carbons (Fsp3) is 0.185. The molecule has 1 aliphatic carbocycles. The molecule has 0 saturated carbocycles. The van der Waals surface area contributed by atoms with Gasteiger partial charge in [0.15, 0.2) is 0 Å². The number of hydrogen-bond donors (Lipinski definition) is 0. The van der Waals surface area contributed by atoms with E-state index in [4.69, 9.17) is 0 Å². The zero-order valence-electron chi connectivity index (χ0n) is 16.7. The second kappa shape index (κ2) is 6.38. The monoisotopic (exact) mass is 376 g/mol. The topological polar surface area (TPSA) is 8.17 Å². The molecule has 142 valence electrons. The number of hydrogen-bond acceptors (Lipinski definition) is 1. The largest absolute Gasteiger partial charge is 0.341 e. The molecule has 2 heteroatoms. The maximum absolute atomic E-state index is 2.49. The van der Waals surface area contributed by atoms with Crippen LogP contribution in [0.15, 0.2) is 72.8 Å². The van der Waals surface area contributed by atoms with Crippen molar-refractivity contribution in [2.24, 2.45) is 0 Å². The molecule has 0 radical (unpaired) electrons. The van der Waals surface area contributed by atoms with Crippen molar-refractivity contribution in [3.8, 4) is 5.69 Å². The second-order valence-electron chi connectivity index (χ2n) is 8.21. The molecule has 0 N–H and O–H groups in total. The lowest BCUT2D eigenvalue weighted by atomic mass is 10.0. The smallest absolute Gasteiger partial charge is 0.0539 e. The molecular weight excluding hydrogens is 352 g/mol. The SMILES string of the molecule is Cc1ccc2c(c1)CCN2c1ccc2c(c1)c1c(n2-c2ccccc2)C=CCC1. The van der Waals surface area contributed by atoms with Gasteiger partial charge >= 0.3 is 0 Å². The first-order chi connectivity index (χ1) is 14.3. The Balaban J connectivity index is 1.54. The minimum absolute atomic E-state index is 1.06. The fourth-order valence-electron chi connectivity index (χ4n) is 5.05. The molecular formula is C27H24N2. The van der Waals surface area contributed by atoms with Crippen LogP contribution in [0.5, 0.6) is 0 Å². The van der Waals surface area contributed by atoms with Crippen LogP contribution >= 0.6 is 0 Å². The van der Waals surface area contributed by atoms with Crippen LogP contribution < -0.4 is 4.90 Å². The Bertz CT molecular complexity index is 1260. The van der Waals surface area contributed by atoms with Crippen LogP contribution in [0, 0.1) is 6.92 Å². The minimum atomic E-state index is 1.06. The summed E-state index contributed by atoms with van der Waals surface area (Å²) >= 11 is 0. The molecule has 1 aliphatic heterocycles. The quantitative estimate of drug-likeness (QED) is 0.383. The van der Waals surface area contributed by atoms with Crippen LogP contribution in [0.2, 0.25) is 0 Å². The Labute approximate surface area is 171 Å². The maximum Gasteiger partial charge on any atom is 0.0539 e. The third-order valence-corrected chi connectivity index (χ3v) is 6.39. The lowest BCUT2D eigenvalue weighted by molar-refractivity contribution is 0.967. The molecule has 2 heterocycles. The lowest BCUT2D eigenvalue weighted by Gasteiger charge is -2.20. The molecule has 0 amide bonds. The van der Waals surface area contributed by atoms with Crippen molar-refractivity contribution in [3.63, 3.8) is 0 Å². The zero-order chi connectivity index (χ0) is 19.4. The molecule has 4 aromatic rings. The van der Waals surface area contributed by atoms with E-state index in [0.717, 1.165) is 25.8 Å². The molecule has 0 saturated heterocycles. The van der Waals surface area contributed by atoms with E-state index in [0.29, 0.717) is 0 Å². The highest BCUT2D eigenvalue weighted by Gasteiger charge is 2.23. The van der Waals surface area contributed by atoms with Crippen molar-refractivity contribution in [1.82, 2.24) is 4.57 Å². The fourth-order valence-corrected chi connectivity index (χ4v) is 5.05. The Morgan fingerprint density at radius 3 is 2.62 bits per heavy atom. The summed E-state index contributed by atoms with van der Waals surface area (Å²) in [6.07, 6.45) is 7.97. The third-order valence-electron chi connectivity index (χ3n) is 6.39. The van der Waals surface area contributed by atoms with Gasteiger partial charge in [-0.05, 0) is 79.8 Å². The van der Waals surface area contributed by atoms with Crippen molar-refractivity contribution < 1.29 is 0 Å². The number of aryl methyl sites for hydroxylation is 2. The molecule has 3 aromatic carbocycles. The van der Waals surface area contributed by atoms with Crippen molar-refractivity contribution in [1.29, 1.82) is 0 Å². The molecule has 0 spiro atoms. The van der Waals surface area contributed by atoms with Gasteiger partial charge in [-0.25, -0.2) is 0 Å². The molecule has 29 heavy (non-hydrogen) atoms. The third kappa shape index (κ3) is 2.56. The predicted octanol–water partition coefficient (Wildman–Crippen LogP) is 6.59. The van der Waals surface area contributed by atoms with Gasteiger partial charge in [-0.3, -0.25) is 0 Å². The first kappa shape index (κ1) is 16.7. The number of anilines is 2. The molecule has 0 fully saturated rings. The average molecular weight is 377 g/mol. The van der Waals surface area contributed by atoms with Gasteiger partial charge in [-0.15, -0.1) is 0 Å². The summed E-state index contributed by atoms with van der Waals surface area (Å²) in [5.74, 6) is 0. The minimum Gasteiger partial charge on any atom is -0.341 e. The Kier molecular flexibility index (Phi) is 3.67. The van der Waals surface area contributed by atoms with E-state index in [2.05, 4.69) is 95.3 Å². The normalized spacial score (nSPS) is 15.0. The molecule has 6 rings (SSSR count). The first-order valence-corrected chi connectivity index (χ1v) is 10.6. The Hall–Kier alpha value is -3.26. The maximum atomic E-state index is 2.49. The van der Waals surface area contributed by atoms with Gasteiger partial charge in [-0.1, -0.05) is 42.0 Å². The summed E-state index contributed by atoms with van der Waals surface area (Å²) in [4.78, 5) is 2.49. The zero-order valence-corrected chi connectivity index (χ0v) is 16.7. The van der Waals surface area contributed by atoms with Gasteiger partial charge in [-0.2, -0.15) is 0 Å². The summed E-state index contributed by atoms with van der Waals surface area (Å²) in [6, 6.07) is 24.6. The number of aromatic nitrogens is 1. The van der Waals surface area contributed by atoms with Crippen LogP contribution in [0.25, 0.3) is 22.7 Å². The number of para-hydroxylation sites is 1. The number of nitrogens with zero attached hydrogens (tertiary/aromatic N) is 2. The van der Waals surface area contributed by atoms with Gasteiger partial charge in [0.05, 0.1) is 5.52 Å². The van der Waals surface area contributed by atoms with Gasteiger partial charge in [0.2, 0.25) is 0 Å². The highest BCUT2D eigenvalue weighted by molar-refractivity contribution is 5.94. The van der Waals surface area contributed by atoms with E-state index in [1.54, 1.807) is 0 Å². The Morgan fingerprint density at radius 2 is 1.72 bits per heavy atom. The van der Waals surface area contributed by atoms with E-state index >= 15 is 0 Å². The van der Waals surface area contributed by atoms with Gasteiger partial charge in [0.1, 0.15) is 0 Å². The average Bonchev–Trinajstić information content (AvgIpc) is 3.32. The van der Waals surface area contributed by atoms with Gasteiger partial charge in [0, 0.05) is 34.7 Å². The number of fused-ring (bicyclic) bond motifs is 4. The van der Waals surface area contributed by atoms with Crippen LogP contribution in [-0.2, 0) is 12.8 Å². The second-order valence-corrected chi connectivity index (χ2v) is 8.21. The van der Waals surface area contributed by atoms with Crippen molar-refractivity contribution in [3.05, 3.63) is 95.2 Å². The summed E-state index contributed by atoms with van der Waals surface area (Å²) < 4.78 is 2.42. The van der Waals surface area contributed by atoms with Crippen molar-refractivity contribution in [2.75, 3.05) is 11.4 Å². The molecule has 2 nitrogen and oxygen atoms in total. The molecule has 2 aliphatic rings. The summed E-state index contributed by atoms with van der Waals surface area (Å²) in [6.45, 7) is 3.24. The highest BCUT2D eigenvalue weighted by atomic mass is 15.2. The highest BCUT2D eigenvalue weighted by Crippen LogP contribution is 2.40. The number of allylic oxidation sites excluding steroid dienone is 1.